The van der Waals surface area contributed by atoms with Crippen molar-refractivity contribution in [2.24, 2.45) is 15.2 Å². The lowest BCUT2D eigenvalue weighted by Crippen LogP contribution is -2.30. The van der Waals surface area contributed by atoms with Crippen LogP contribution in [0.1, 0.15) is 31.4 Å². The van der Waals surface area contributed by atoms with Gasteiger partial charge in [-0.25, -0.2) is 15.2 Å². The van der Waals surface area contributed by atoms with Crippen molar-refractivity contribution in [1.29, 1.82) is 0 Å². The predicted octanol–water partition coefficient (Wildman–Crippen LogP) is 2.75. The Morgan fingerprint density at radius 2 is 1.41 bits per heavy atom. The van der Waals surface area contributed by atoms with E-state index in [2.05, 4.69) is 53.4 Å². The second kappa shape index (κ2) is 11.0. The first-order valence-electron chi connectivity index (χ1n) is 11.2. The van der Waals surface area contributed by atoms with Crippen molar-refractivity contribution >= 4 is 34.8 Å². The van der Waals surface area contributed by atoms with Crippen molar-refractivity contribution < 1.29 is 4.79 Å². The number of hydrogen-bond acceptors (Lipinski definition) is 8. The monoisotopic (exact) mass is 459 g/mol. The third-order valence-corrected chi connectivity index (χ3v) is 5.28. The molecule has 2 aromatic rings. The third-order valence-electron chi connectivity index (χ3n) is 5.28. The van der Waals surface area contributed by atoms with E-state index in [0.717, 1.165) is 54.4 Å². The highest BCUT2D eigenvalue weighted by atomic mass is 16.2. The Morgan fingerprint density at radius 1 is 0.824 bits per heavy atom. The van der Waals surface area contributed by atoms with Gasteiger partial charge in [-0.3, -0.25) is 5.43 Å². The Morgan fingerprint density at radius 3 is 1.91 bits per heavy atom. The van der Waals surface area contributed by atoms with Gasteiger partial charge in [0.2, 0.25) is 5.96 Å². The van der Waals surface area contributed by atoms with E-state index >= 15 is 0 Å². The summed E-state index contributed by atoms with van der Waals surface area (Å²) < 4.78 is 0. The van der Waals surface area contributed by atoms with Gasteiger partial charge in [0, 0.05) is 24.5 Å². The summed E-state index contributed by atoms with van der Waals surface area (Å²) in [5.41, 5.74) is 10.9. The fourth-order valence-corrected chi connectivity index (χ4v) is 3.35. The standard InChI is InChI=1S/C24H29N9O/c1-16(30-32-22-4-3-13-25-22)18-5-9-20(10-6-18)28-24(34)29-21-11-7-19(8-12-21)17(2)31-33-23-26-14-15-27-23/h4-12,25,32H,3,13-15H2,1-2H3,(H2,26,27,33)(H2,28,29,34)/b30-16-,31-17-. The van der Waals surface area contributed by atoms with Crippen LogP contribution in [0.5, 0.6) is 0 Å². The van der Waals surface area contributed by atoms with E-state index in [-0.39, 0.29) is 6.03 Å². The summed E-state index contributed by atoms with van der Waals surface area (Å²) in [6.45, 7) is 6.36. The largest absolute Gasteiger partial charge is 0.370 e. The van der Waals surface area contributed by atoms with Gasteiger partial charge in [-0.15, -0.1) is 0 Å². The number of guanidine groups is 1. The number of carbonyl (C=O) groups is 1. The number of amides is 2. The van der Waals surface area contributed by atoms with E-state index < -0.39 is 0 Å². The van der Waals surface area contributed by atoms with Crippen LogP contribution in [0.3, 0.4) is 0 Å². The Bertz CT molecular complexity index is 1040. The van der Waals surface area contributed by atoms with E-state index in [0.29, 0.717) is 17.3 Å². The molecular formula is C24H29N9O. The number of rotatable bonds is 7. The average molecular weight is 460 g/mol. The first-order valence-corrected chi connectivity index (χ1v) is 11.2. The topological polar surface area (TPSA) is 126 Å². The lowest BCUT2D eigenvalue weighted by Gasteiger charge is -2.10. The first-order chi connectivity index (χ1) is 16.6. The van der Waals surface area contributed by atoms with Crippen LogP contribution in [0.4, 0.5) is 16.2 Å². The smallest absolute Gasteiger partial charge is 0.323 e. The number of carbonyl (C=O) groups excluding carboxylic acids is 1. The van der Waals surface area contributed by atoms with Gasteiger partial charge in [0.05, 0.1) is 18.0 Å². The molecule has 10 heteroatoms. The number of aliphatic imine (C=N–C) groups is 1. The molecule has 2 amide bonds. The molecule has 0 spiro atoms. The van der Waals surface area contributed by atoms with Gasteiger partial charge in [0.25, 0.3) is 0 Å². The van der Waals surface area contributed by atoms with Gasteiger partial charge in [0.1, 0.15) is 5.82 Å². The van der Waals surface area contributed by atoms with Crippen molar-refractivity contribution in [3.8, 4) is 0 Å². The molecule has 176 valence electrons. The van der Waals surface area contributed by atoms with E-state index in [4.69, 9.17) is 0 Å². The zero-order chi connectivity index (χ0) is 23.8. The number of urea groups is 1. The minimum absolute atomic E-state index is 0.316. The third kappa shape index (κ3) is 6.35. The average Bonchev–Trinajstić information content (AvgIpc) is 3.56. The van der Waals surface area contributed by atoms with Crippen LogP contribution in [0.25, 0.3) is 0 Å². The molecule has 0 bridgehead atoms. The van der Waals surface area contributed by atoms with Crippen LogP contribution >= 0.6 is 0 Å². The summed E-state index contributed by atoms with van der Waals surface area (Å²) in [6.07, 6.45) is 3.08. The zero-order valence-corrected chi connectivity index (χ0v) is 19.3. The van der Waals surface area contributed by atoms with Gasteiger partial charge in [-0.1, -0.05) is 24.3 Å². The van der Waals surface area contributed by atoms with E-state index in [9.17, 15) is 4.79 Å². The quantitative estimate of drug-likeness (QED) is 0.280. The van der Waals surface area contributed by atoms with Crippen LogP contribution in [-0.2, 0) is 0 Å². The summed E-state index contributed by atoms with van der Waals surface area (Å²) in [6, 6.07) is 14.7. The SMILES string of the molecule is C/C(=N/NC1=CCCN1)c1ccc(NC(=O)Nc2ccc(/C(C)=N\NC3=NCCN3)cc2)cc1. The van der Waals surface area contributed by atoms with Crippen LogP contribution < -0.4 is 32.1 Å². The number of anilines is 2. The van der Waals surface area contributed by atoms with Crippen molar-refractivity contribution in [1.82, 2.24) is 21.5 Å². The van der Waals surface area contributed by atoms with Gasteiger partial charge >= 0.3 is 6.03 Å². The maximum atomic E-state index is 12.4. The fourth-order valence-electron chi connectivity index (χ4n) is 3.35. The molecule has 2 aromatic carbocycles. The summed E-state index contributed by atoms with van der Waals surface area (Å²) in [4.78, 5) is 16.6. The van der Waals surface area contributed by atoms with E-state index in [1.54, 1.807) is 0 Å². The summed E-state index contributed by atoms with van der Waals surface area (Å²) in [5.74, 6) is 1.61. The lowest BCUT2D eigenvalue weighted by atomic mass is 10.1. The van der Waals surface area contributed by atoms with Crippen LogP contribution in [0, 0.1) is 0 Å². The van der Waals surface area contributed by atoms with Gasteiger partial charge in [-0.05, 0) is 61.7 Å². The summed E-state index contributed by atoms with van der Waals surface area (Å²) in [7, 11) is 0. The first kappa shape index (κ1) is 22.8. The second-order valence-electron chi connectivity index (χ2n) is 7.84. The molecule has 2 aliphatic heterocycles. The molecule has 0 saturated carbocycles. The molecular weight excluding hydrogens is 430 g/mol. The molecule has 0 aromatic heterocycles. The maximum absolute atomic E-state index is 12.4. The zero-order valence-electron chi connectivity index (χ0n) is 19.3. The number of nitrogens with zero attached hydrogens (tertiary/aromatic N) is 3. The Balaban J connectivity index is 1.27. The number of benzene rings is 2. The van der Waals surface area contributed by atoms with Gasteiger partial charge < -0.3 is 21.3 Å². The minimum atomic E-state index is -0.316. The normalized spacial score (nSPS) is 15.6. The second-order valence-corrected chi connectivity index (χ2v) is 7.84. The Hall–Kier alpha value is -4.34. The predicted molar refractivity (Wildman–Crippen MR) is 137 cm³/mol. The molecule has 34 heavy (non-hydrogen) atoms. The number of nitrogens with one attached hydrogen (secondary N) is 6. The molecule has 0 atom stereocenters. The van der Waals surface area contributed by atoms with Crippen molar-refractivity contribution in [2.45, 2.75) is 20.3 Å². The van der Waals surface area contributed by atoms with Gasteiger partial charge in [-0.2, -0.15) is 10.2 Å². The lowest BCUT2D eigenvalue weighted by molar-refractivity contribution is 0.262. The molecule has 4 rings (SSSR count). The van der Waals surface area contributed by atoms with Crippen molar-refractivity contribution in [3.63, 3.8) is 0 Å². The number of hydrogen-bond donors (Lipinski definition) is 6. The van der Waals surface area contributed by atoms with Crippen LogP contribution in [0.2, 0.25) is 0 Å². The molecule has 0 unspecified atom stereocenters. The van der Waals surface area contributed by atoms with E-state index in [1.807, 2.05) is 62.4 Å². The minimum Gasteiger partial charge on any atom is -0.370 e. The molecule has 10 nitrogen and oxygen atoms in total. The van der Waals surface area contributed by atoms with Gasteiger partial charge in [0.15, 0.2) is 0 Å². The van der Waals surface area contributed by atoms with Crippen LogP contribution in [-0.4, -0.2) is 43.0 Å². The molecule has 0 saturated heterocycles. The molecule has 0 fully saturated rings. The van der Waals surface area contributed by atoms with Crippen molar-refractivity contribution in [3.05, 3.63) is 71.6 Å². The van der Waals surface area contributed by atoms with Crippen molar-refractivity contribution in [2.75, 3.05) is 30.3 Å². The van der Waals surface area contributed by atoms with Crippen LogP contribution in [0.15, 0.2) is 75.6 Å². The number of hydrazone groups is 2. The Kier molecular flexibility index (Phi) is 7.39. The summed E-state index contributed by atoms with van der Waals surface area (Å²) >= 11 is 0. The molecule has 0 aliphatic carbocycles. The highest BCUT2D eigenvalue weighted by molar-refractivity contribution is 6.02. The molecule has 2 heterocycles. The molecule has 2 aliphatic rings. The fraction of sp³-hybridized carbons (Fsp3) is 0.250. The van der Waals surface area contributed by atoms with E-state index in [1.165, 1.54) is 0 Å². The molecule has 0 radical (unpaired) electrons. The summed E-state index contributed by atoms with van der Waals surface area (Å²) in [5, 5.41) is 20.7. The maximum Gasteiger partial charge on any atom is 0.323 e. The Labute approximate surface area is 198 Å². The highest BCUT2D eigenvalue weighted by Crippen LogP contribution is 2.14. The molecule has 6 N–H and O–H groups in total. The highest BCUT2D eigenvalue weighted by Gasteiger charge is 2.07.